The smallest absolute Gasteiger partial charge is 0.319 e. The lowest BCUT2D eigenvalue weighted by Crippen LogP contribution is -2.47. The molecule has 0 saturated carbocycles. The normalized spacial score (nSPS) is 28.1. The average Bonchev–Trinajstić information content (AvgIpc) is 2.86. The molecule has 0 N–H and O–H groups in total. The maximum Gasteiger partial charge on any atom is 0.319 e. The maximum absolute atomic E-state index is 12.3. The predicted molar refractivity (Wildman–Crippen MR) is 77.2 cm³/mol. The summed E-state index contributed by atoms with van der Waals surface area (Å²) in [5.74, 6) is 0.578. The lowest BCUT2D eigenvalue weighted by molar-refractivity contribution is -0.0451. The van der Waals surface area contributed by atoms with Crippen LogP contribution in [-0.2, 0) is 4.74 Å². The van der Waals surface area contributed by atoms with E-state index >= 15 is 0 Å². The van der Waals surface area contributed by atoms with Gasteiger partial charge in [-0.1, -0.05) is 6.07 Å². The zero-order valence-electron chi connectivity index (χ0n) is 12.4. The van der Waals surface area contributed by atoms with Gasteiger partial charge in [0.1, 0.15) is 12.2 Å². The summed E-state index contributed by atoms with van der Waals surface area (Å²) in [6.07, 6.45) is 3.42. The monoisotopic (exact) mass is 291 g/mol. The van der Waals surface area contributed by atoms with Crippen LogP contribution in [0.5, 0.6) is 5.88 Å². The van der Waals surface area contributed by atoms with E-state index in [1.54, 1.807) is 25.2 Å². The standard InChI is InChI=1S/C15H21N3O3/c1-17(2)15(19)18-10-12(14-11(18)6-5-9-20-14)21-13-7-3-4-8-16-13/h3-4,7-8,11-12,14H,5-6,9-10H2,1-2H3/t11-,12+,14+/m0/s1. The minimum atomic E-state index is -0.158. The van der Waals surface area contributed by atoms with E-state index < -0.39 is 0 Å². The highest BCUT2D eigenvalue weighted by Gasteiger charge is 2.47. The predicted octanol–water partition coefficient (Wildman–Crippen LogP) is 1.37. The first-order chi connectivity index (χ1) is 10.2. The molecule has 0 aliphatic carbocycles. The lowest BCUT2D eigenvalue weighted by atomic mass is 10.0. The highest BCUT2D eigenvalue weighted by molar-refractivity contribution is 5.74. The van der Waals surface area contributed by atoms with E-state index in [0.717, 1.165) is 19.4 Å². The lowest BCUT2D eigenvalue weighted by Gasteiger charge is -2.33. The van der Waals surface area contributed by atoms with Crippen LogP contribution in [0.4, 0.5) is 4.79 Å². The van der Waals surface area contributed by atoms with Gasteiger partial charge in [0.25, 0.3) is 0 Å². The number of nitrogens with zero attached hydrogens (tertiary/aromatic N) is 3. The van der Waals surface area contributed by atoms with Crippen molar-refractivity contribution in [2.45, 2.75) is 31.1 Å². The van der Waals surface area contributed by atoms with Gasteiger partial charge in [0.2, 0.25) is 5.88 Å². The molecule has 3 rings (SSSR count). The molecule has 0 aromatic carbocycles. The van der Waals surface area contributed by atoms with E-state index in [1.807, 2.05) is 23.1 Å². The van der Waals surface area contributed by atoms with Gasteiger partial charge in [-0.3, -0.25) is 0 Å². The molecule has 3 atom stereocenters. The molecule has 0 unspecified atom stereocenters. The van der Waals surface area contributed by atoms with Gasteiger partial charge in [-0.15, -0.1) is 0 Å². The van der Waals surface area contributed by atoms with Crippen molar-refractivity contribution in [3.63, 3.8) is 0 Å². The van der Waals surface area contributed by atoms with Crippen molar-refractivity contribution >= 4 is 6.03 Å². The minimum Gasteiger partial charge on any atom is -0.470 e. The van der Waals surface area contributed by atoms with E-state index in [1.165, 1.54) is 0 Å². The Balaban J connectivity index is 1.77. The molecule has 3 heterocycles. The number of rotatable bonds is 2. The number of aromatic nitrogens is 1. The first-order valence-electron chi connectivity index (χ1n) is 7.34. The van der Waals surface area contributed by atoms with E-state index in [9.17, 15) is 4.79 Å². The number of hydrogen-bond donors (Lipinski definition) is 0. The van der Waals surface area contributed by atoms with E-state index in [0.29, 0.717) is 12.4 Å². The Morgan fingerprint density at radius 1 is 1.48 bits per heavy atom. The third-order valence-corrected chi connectivity index (χ3v) is 4.02. The molecule has 2 aliphatic rings. The van der Waals surface area contributed by atoms with Gasteiger partial charge in [-0.2, -0.15) is 0 Å². The van der Waals surface area contributed by atoms with Gasteiger partial charge in [-0.25, -0.2) is 9.78 Å². The van der Waals surface area contributed by atoms with Gasteiger partial charge in [0, 0.05) is 33.0 Å². The highest BCUT2D eigenvalue weighted by atomic mass is 16.5. The largest absolute Gasteiger partial charge is 0.470 e. The van der Waals surface area contributed by atoms with Crippen LogP contribution < -0.4 is 4.74 Å². The molecule has 2 amide bonds. The summed E-state index contributed by atoms with van der Waals surface area (Å²) in [4.78, 5) is 20.0. The van der Waals surface area contributed by atoms with Gasteiger partial charge < -0.3 is 19.3 Å². The summed E-state index contributed by atoms with van der Waals surface area (Å²) in [6.45, 7) is 1.27. The number of hydrogen-bond acceptors (Lipinski definition) is 4. The number of likely N-dealkylation sites (tertiary alicyclic amines) is 1. The summed E-state index contributed by atoms with van der Waals surface area (Å²) >= 11 is 0. The van der Waals surface area contributed by atoms with Crippen molar-refractivity contribution in [1.82, 2.24) is 14.8 Å². The molecule has 0 bridgehead atoms. The third-order valence-electron chi connectivity index (χ3n) is 4.02. The second-order valence-electron chi connectivity index (χ2n) is 5.70. The number of ether oxygens (including phenoxy) is 2. The topological polar surface area (TPSA) is 54.9 Å². The number of carbonyl (C=O) groups excluding carboxylic acids is 1. The molecule has 0 spiro atoms. The average molecular weight is 291 g/mol. The Morgan fingerprint density at radius 3 is 3.05 bits per heavy atom. The molecule has 1 aromatic heterocycles. The fraction of sp³-hybridized carbons (Fsp3) is 0.600. The molecule has 6 nitrogen and oxygen atoms in total. The second-order valence-corrected chi connectivity index (χ2v) is 5.70. The second kappa shape index (κ2) is 5.89. The van der Waals surface area contributed by atoms with Crippen LogP contribution in [0.1, 0.15) is 12.8 Å². The summed E-state index contributed by atoms with van der Waals surface area (Å²) < 4.78 is 11.8. The molecule has 21 heavy (non-hydrogen) atoms. The Labute approximate surface area is 124 Å². The van der Waals surface area contributed by atoms with Crippen LogP contribution in [0.3, 0.4) is 0 Å². The minimum absolute atomic E-state index is 0.0163. The third kappa shape index (κ3) is 2.81. The summed E-state index contributed by atoms with van der Waals surface area (Å²) in [5, 5.41) is 0. The molecule has 0 radical (unpaired) electrons. The van der Waals surface area contributed by atoms with Gasteiger partial charge in [-0.05, 0) is 18.9 Å². The number of amides is 2. The molecule has 2 aliphatic heterocycles. The molecule has 6 heteroatoms. The van der Waals surface area contributed by atoms with E-state index in [2.05, 4.69) is 4.98 Å². The Kier molecular flexibility index (Phi) is 3.96. The SMILES string of the molecule is CN(C)C(=O)N1C[C@@H](Oc2ccccn2)[C@@H]2OCCC[C@@H]21. The fourth-order valence-electron chi connectivity index (χ4n) is 3.06. The van der Waals surface area contributed by atoms with Crippen LogP contribution in [0.2, 0.25) is 0 Å². The van der Waals surface area contributed by atoms with Crippen LogP contribution in [0.25, 0.3) is 0 Å². The van der Waals surface area contributed by atoms with Crippen molar-refractivity contribution in [2.75, 3.05) is 27.2 Å². The Hall–Kier alpha value is -1.82. The Bertz CT molecular complexity index is 494. The molecular formula is C15H21N3O3. The van der Waals surface area contributed by atoms with Crippen LogP contribution >= 0.6 is 0 Å². The highest BCUT2D eigenvalue weighted by Crippen LogP contribution is 2.31. The first-order valence-corrected chi connectivity index (χ1v) is 7.34. The van der Waals surface area contributed by atoms with Crippen LogP contribution in [-0.4, -0.2) is 66.3 Å². The van der Waals surface area contributed by atoms with Gasteiger partial charge >= 0.3 is 6.03 Å². The van der Waals surface area contributed by atoms with Crippen LogP contribution in [0, 0.1) is 0 Å². The molecular weight excluding hydrogens is 270 g/mol. The zero-order chi connectivity index (χ0) is 14.8. The number of fused-ring (bicyclic) bond motifs is 1. The number of pyridine rings is 1. The quantitative estimate of drug-likeness (QED) is 0.826. The molecule has 1 aromatic rings. The van der Waals surface area contributed by atoms with E-state index in [-0.39, 0.29) is 24.3 Å². The molecule has 2 saturated heterocycles. The number of urea groups is 1. The van der Waals surface area contributed by atoms with Crippen molar-refractivity contribution in [2.24, 2.45) is 0 Å². The van der Waals surface area contributed by atoms with Crippen molar-refractivity contribution in [3.8, 4) is 5.88 Å². The number of carbonyl (C=O) groups is 1. The molecule has 114 valence electrons. The van der Waals surface area contributed by atoms with Crippen molar-refractivity contribution in [1.29, 1.82) is 0 Å². The summed E-state index contributed by atoms with van der Waals surface area (Å²) in [5.41, 5.74) is 0. The van der Waals surface area contributed by atoms with Crippen molar-refractivity contribution in [3.05, 3.63) is 24.4 Å². The van der Waals surface area contributed by atoms with Gasteiger partial charge in [0.05, 0.1) is 12.6 Å². The maximum atomic E-state index is 12.3. The first kappa shape index (κ1) is 14.1. The van der Waals surface area contributed by atoms with Gasteiger partial charge in [0.15, 0.2) is 0 Å². The van der Waals surface area contributed by atoms with Crippen molar-refractivity contribution < 1.29 is 14.3 Å². The van der Waals surface area contributed by atoms with E-state index in [4.69, 9.17) is 9.47 Å². The Morgan fingerprint density at radius 2 is 2.33 bits per heavy atom. The molecule has 2 fully saturated rings. The summed E-state index contributed by atoms with van der Waals surface area (Å²) in [7, 11) is 3.54. The zero-order valence-corrected chi connectivity index (χ0v) is 12.4. The summed E-state index contributed by atoms with van der Waals surface area (Å²) in [6, 6.07) is 5.68. The van der Waals surface area contributed by atoms with Crippen LogP contribution in [0.15, 0.2) is 24.4 Å². The fourth-order valence-corrected chi connectivity index (χ4v) is 3.06.